The summed E-state index contributed by atoms with van der Waals surface area (Å²) in [5.74, 6) is -0.0437. The van der Waals surface area contributed by atoms with Gasteiger partial charge in [-0.2, -0.15) is 8.42 Å². The van der Waals surface area contributed by atoms with Crippen LogP contribution in [0.1, 0.15) is 0 Å². The molecule has 0 fully saturated rings. The Morgan fingerprint density at radius 1 is 1.41 bits per heavy atom. The quantitative estimate of drug-likeness (QED) is 0.779. The first-order chi connectivity index (χ1) is 7.71. The van der Waals surface area contributed by atoms with E-state index in [1.807, 2.05) is 0 Å². The summed E-state index contributed by atoms with van der Waals surface area (Å²) >= 11 is 5.66. The van der Waals surface area contributed by atoms with Gasteiger partial charge in [-0.3, -0.25) is 0 Å². The highest BCUT2D eigenvalue weighted by molar-refractivity contribution is 7.86. The molecule has 0 aliphatic heterocycles. The monoisotopic (exact) mass is 281 g/mol. The number of hydrogen-bond donors (Lipinski definition) is 0. The number of ether oxygens (including phenoxy) is 1. The molecule has 0 aliphatic rings. The molecule has 1 aromatic rings. The Labute approximate surface area is 103 Å². The van der Waals surface area contributed by atoms with Crippen molar-refractivity contribution in [2.24, 2.45) is 0 Å². The van der Waals surface area contributed by atoms with Crippen LogP contribution in [0.3, 0.4) is 0 Å². The zero-order valence-electron chi connectivity index (χ0n) is 8.98. The van der Waals surface area contributed by atoms with E-state index in [1.165, 1.54) is 14.1 Å². The van der Waals surface area contributed by atoms with E-state index < -0.39 is 21.2 Å². The Morgan fingerprint density at radius 2 is 2.00 bits per heavy atom. The van der Waals surface area contributed by atoms with Crippen LogP contribution in [0.2, 0.25) is 5.02 Å². The number of amides is 1. The highest BCUT2D eigenvalue weighted by Crippen LogP contribution is 2.28. The van der Waals surface area contributed by atoms with Gasteiger partial charge in [-0.15, -0.1) is 3.89 Å². The smallest absolute Gasteiger partial charge is 0.409 e. The van der Waals surface area contributed by atoms with Crippen molar-refractivity contribution in [3.8, 4) is 5.75 Å². The molecule has 17 heavy (non-hydrogen) atoms. The van der Waals surface area contributed by atoms with Gasteiger partial charge < -0.3 is 9.64 Å². The SMILES string of the molecule is CN(C)C(=O)Oc1ccc(S(=O)(=O)F)cc1Cl. The topological polar surface area (TPSA) is 63.7 Å². The summed E-state index contributed by atoms with van der Waals surface area (Å²) in [4.78, 5) is 11.8. The normalized spacial score (nSPS) is 11.1. The summed E-state index contributed by atoms with van der Waals surface area (Å²) < 4.78 is 38.6. The molecule has 1 rings (SSSR count). The predicted molar refractivity (Wildman–Crippen MR) is 59.5 cm³/mol. The first kappa shape index (κ1) is 13.7. The van der Waals surface area contributed by atoms with E-state index in [2.05, 4.69) is 0 Å². The Morgan fingerprint density at radius 3 is 2.41 bits per heavy atom. The van der Waals surface area contributed by atoms with E-state index in [0.717, 1.165) is 23.1 Å². The standard InChI is InChI=1S/C9H9ClFNO4S/c1-12(2)9(13)16-8-4-3-6(5-7(8)10)17(11,14)15/h3-5H,1-2H3. The summed E-state index contributed by atoms with van der Waals surface area (Å²) in [6, 6.07) is 2.94. The van der Waals surface area contributed by atoms with Crippen LogP contribution in [0.25, 0.3) is 0 Å². The molecular formula is C9H9ClFNO4S. The second kappa shape index (κ2) is 4.89. The van der Waals surface area contributed by atoms with E-state index in [9.17, 15) is 17.1 Å². The van der Waals surface area contributed by atoms with Gasteiger partial charge in [-0.1, -0.05) is 11.6 Å². The number of nitrogens with zero attached hydrogens (tertiary/aromatic N) is 1. The molecule has 0 unspecified atom stereocenters. The molecule has 0 aromatic heterocycles. The molecular weight excluding hydrogens is 273 g/mol. The summed E-state index contributed by atoms with van der Waals surface area (Å²) in [5.41, 5.74) is 0. The van der Waals surface area contributed by atoms with Crippen molar-refractivity contribution in [1.82, 2.24) is 4.90 Å². The third-order valence-electron chi connectivity index (χ3n) is 1.75. The molecule has 8 heteroatoms. The maximum Gasteiger partial charge on any atom is 0.414 e. The van der Waals surface area contributed by atoms with Crippen LogP contribution in [0, 0.1) is 0 Å². The van der Waals surface area contributed by atoms with E-state index in [0.29, 0.717) is 0 Å². The lowest BCUT2D eigenvalue weighted by molar-refractivity contribution is 0.172. The van der Waals surface area contributed by atoms with Gasteiger partial charge in [0.2, 0.25) is 0 Å². The van der Waals surface area contributed by atoms with Crippen molar-refractivity contribution in [2.45, 2.75) is 4.90 Å². The zero-order chi connectivity index (χ0) is 13.2. The summed E-state index contributed by atoms with van der Waals surface area (Å²) in [5, 5.41) is -0.168. The average molecular weight is 282 g/mol. The van der Waals surface area contributed by atoms with E-state index in [-0.39, 0.29) is 10.8 Å². The van der Waals surface area contributed by atoms with E-state index in [4.69, 9.17) is 16.3 Å². The molecule has 0 saturated heterocycles. The van der Waals surface area contributed by atoms with Crippen LogP contribution in [0.5, 0.6) is 5.75 Å². The number of carbonyl (C=O) groups excluding carboxylic acids is 1. The fourth-order valence-corrected chi connectivity index (χ4v) is 1.67. The molecule has 1 aromatic carbocycles. The molecule has 0 spiro atoms. The van der Waals surface area contributed by atoms with Crippen LogP contribution in [0.4, 0.5) is 8.68 Å². The van der Waals surface area contributed by atoms with Crippen LogP contribution >= 0.6 is 11.6 Å². The minimum absolute atomic E-state index is 0.0437. The van der Waals surface area contributed by atoms with Crippen molar-refractivity contribution in [1.29, 1.82) is 0 Å². The highest BCUT2D eigenvalue weighted by atomic mass is 35.5. The second-order valence-corrected chi connectivity index (χ2v) is 5.05. The largest absolute Gasteiger partial charge is 0.414 e. The average Bonchev–Trinajstić information content (AvgIpc) is 2.19. The Balaban J connectivity index is 3.03. The number of halogens is 2. The van der Waals surface area contributed by atoms with Gasteiger partial charge in [0.05, 0.1) is 5.02 Å². The van der Waals surface area contributed by atoms with Crippen molar-refractivity contribution >= 4 is 27.9 Å². The van der Waals surface area contributed by atoms with Crippen molar-refractivity contribution in [2.75, 3.05) is 14.1 Å². The molecule has 94 valence electrons. The lowest BCUT2D eigenvalue weighted by Gasteiger charge is -2.11. The van der Waals surface area contributed by atoms with E-state index >= 15 is 0 Å². The maximum absolute atomic E-state index is 12.6. The maximum atomic E-state index is 12.6. The fourth-order valence-electron chi connectivity index (χ4n) is 0.901. The molecule has 0 aliphatic carbocycles. The van der Waals surface area contributed by atoms with Crippen molar-refractivity contribution in [3.63, 3.8) is 0 Å². The Hall–Kier alpha value is -1.34. The van der Waals surface area contributed by atoms with Crippen molar-refractivity contribution < 1.29 is 21.8 Å². The van der Waals surface area contributed by atoms with Crippen LogP contribution in [-0.4, -0.2) is 33.5 Å². The van der Waals surface area contributed by atoms with Gasteiger partial charge >= 0.3 is 16.3 Å². The lowest BCUT2D eigenvalue weighted by Crippen LogP contribution is -2.25. The van der Waals surface area contributed by atoms with Crippen LogP contribution in [0.15, 0.2) is 23.1 Å². The van der Waals surface area contributed by atoms with Gasteiger partial charge in [0.25, 0.3) is 0 Å². The second-order valence-electron chi connectivity index (χ2n) is 3.29. The number of benzene rings is 1. The van der Waals surface area contributed by atoms with Gasteiger partial charge in [0, 0.05) is 14.1 Å². The van der Waals surface area contributed by atoms with Crippen molar-refractivity contribution in [3.05, 3.63) is 23.2 Å². The number of rotatable bonds is 2. The molecule has 0 N–H and O–H groups in total. The summed E-state index contributed by atoms with van der Waals surface area (Å²) in [7, 11) is -1.88. The molecule has 0 atom stereocenters. The summed E-state index contributed by atoms with van der Waals surface area (Å²) in [6.07, 6.45) is -0.678. The molecule has 0 saturated carbocycles. The first-order valence-electron chi connectivity index (χ1n) is 4.35. The molecule has 0 heterocycles. The zero-order valence-corrected chi connectivity index (χ0v) is 10.5. The molecule has 1 amide bonds. The van der Waals surface area contributed by atoms with Gasteiger partial charge in [0.1, 0.15) is 4.90 Å². The fraction of sp³-hybridized carbons (Fsp3) is 0.222. The molecule has 0 bridgehead atoms. The van der Waals surface area contributed by atoms with Gasteiger partial charge in [0.15, 0.2) is 5.75 Å². The molecule has 0 radical (unpaired) electrons. The third-order valence-corrected chi connectivity index (χ3v) is 2.86. The Bertz CT molecular complexity index is 544. The molecule has 5 nitrogen and oxygen atoms in total. The highest BCUT2D eigenvalue weighted by Gasteiger charge is 2.16. The number of carbonyl (C=O) groups is 1. The minimum atomic E-state index is -4.82. The van der Waals surface area contributed by atoms with Gasteiger partial charge in [-0.05, 0) is 18.2 Å². The Kier molecular flexibility index (Phi) is 3.94. The summed E-state index contributed by atoms with van der Waals surface area (Å²) in [6.45, 7) is 0. The lowest BCUT2D eigenvalue weighted by atomic mass is 10.3. The van der Waals surface area contributed by atoms with E-state index in [1.54, 1.807) is 0 Å². The van der Waals surface area contributed by atoms with Gasteiger partial charge in [-0.25, -0.2) is 4.79 Å². The van der Waals surface area contributed by atoms with Crippen LogP contribution in [-0.2, 0) is 10.2 Å². The first-order valence-corrected chi connectivity index (χ1v) is 6.11. The third kappa shape index (κ3) is 3.57. The minimum Gasteiger partial charge on any atom is -0.409 e. The number of hydrogen-bond acceptors (Lipinski definition) is 4. The predicted octanol–water partition coefficient (Wildman–Crippen LogP) is 2.06. The van der Waals surface area contributed by atoms with Crippen LogP contribution < -0.4 is 4.74 Å².